The van der Waals surface area contributed by atoms with Crippen LogP contribution in [0.1, 0.15) is 27.2 Å². The molecule has 0 aliphatic rings. The number of halogens is 1. The number of amides is 1. The van der Waals surface area contributed by atoms with Crippen molar-refractivity contribution in [3.63, 3.8) is 0 Å². The normalized spacial score (nSPS) is 12.7. The summed E-state index contributed by atoms with van der Waals surface area (Å²) >= 11 is 5.70. The molecule has 1 atom stereocenters. The summed E-state index contributed by atoms with van der Waals surface area (Å²) in [6.45, 7) is 4.89. The van der Waals surface area contributed by atoms with Crippen LogP contribution in [0.5, 0.6) is 0 Å². The third-order valence-corrected chi connectivity index (χ3v) is 4.58. The van der Waals surface area contributed by atoms with Crippen LogP contribution in [-0.2, 0) is 24.3 Å². The maximum absolute atomic E-state index is 12.0. The Morgan fingerprint density at radius 1 is 1.17 bits per heavy atom. The van der Waals surface area contributed by atoms with E-state index in [4.69, 9.17) is 16.3 Å². The molecule has 9 heteroatoms. The lowest BCUT2D eigenvalue weighted by molar-refractivity contribution is -0.154. The van der Waals surface area contributed by atoms with Gasteiger partial charge in [0.1, 0.15) is 0 Å². The van der Waals surface area contributed by atoms with Gasteiger partial charge in [0.05, 0.1) is 11.3 Å². The molecule has 0 bridgehead atoms. The lowest BCUT2D eigenvalue weighted by Gasteiger charge is -2.15. The summed E-state index contributed by atoms with van der Waals surface area (Å²) in [4.78, 5) is 23.3. The molecule has 0 saturated carbocycles. The number of hydrogen-bond donors (Lipinski definition) is 2. The molecule has 1 aromatic rings. The minimum absolute atomic E-state index is 0.0462. The van der Waals surface area contributed by atoms with E-state index < -0.39 is 28.0 Å². The van der Waals surface area contributed by atoms with Crippen LogP contribution in [0.3, 0.4) is 0 Å². The van der Waals surface area contributed by atoms with Crippen LogP contribution < -0.4 is 10.0 Å². The summed E-state index contributed by atoms with van der Waals surface area (Å²) in [5.41, 5.74) is 0. The zero-order valence-electron chi connectivity index (χ0n) is 13.7. The van der Waals surface area contributed by atoms with Gasteiger partial charge in [-0.2, -0.15) is 0 Å². The van der Waals surface area contributed by atoms with Gasteiger partial charge in [-0.1, -0.05) is 11.6 Å². The number of rotatable bonds is 8. The Morgan fingerprint density at radius 3 is 2.29 bits per heavy atom. The maximum atomic E-state index is 12.0. The first-order valence-corrected chi connectivity index (χ1v) is 9.23. The van der Waals surface area contributed by atoms with Gasteiger partial charge >= 0.3 is 5.97 Å². The minimum atomic E-state index is -3.73. The molecule has 0 unspecified atom stereocenters. The summed E-state index contributed by atoms with van der Waals surface area (Å²) in [5.74, 6) is -1.07. The number of nitrogens with one attached hydrogen (secondary N) is 2. The zero-order valence-corrected chi connectivity index (χ0v) is 15.3. The van der Waals surface area contributed by atoms with Crippen LogP contribution in [-0.4, -0.2) is 39.0 Å². The molecule has 0 spiro atoms. The SMILES string of the molecule is CC(C)NC(=O)[C@H](C)OC(=O)CCNS(=O)(=O)c1ccc(Cl)cc1. The second-order valence-electron chi connectivity index (χ2n) is 5.40. The number of benzene rings is 1. The van der Waals surface area contributed by atoms with Crippen LogP contribution in [0.15, 0.2) is 29.2 Å². The van der Waals surface area contributed by atoms with Crippen molar-refractivity contribution in [2.75, 3.05) is 6.54 Å². The third-order valence-electron chi connectivity index (χ3n) is 2.85. The first-order chi connectivity index (χ1) is 11.1. The average Bonchev–Trinajstić information content (AvgIpc) is 2.46. The molecular weight excluding hydrogens is 356 g/mol. The number of sulfonamides is 1. The van der Waals surface area contributed by atoms with Crippen molar-refractivity contribution in [3.05, 3.63) is 29.3 Å². The number of esters is 1. The van der Waals surface area contributed by atoms with Crippen LogP contribution in [0.25, 0.3) is 0 Å². The topological polar surface area (TPSA) is 102 Å². The molecule has 1 amide bonds. The summed E-state index contributed by atoms with van der Waals surface area (Å²) in [7, 11) is -3.73. The van der Waals surface area contributed by atoms with Gasteiger partial charge in [-0.05, 0) is 45.0 Å². The van der Waals surface area contributed by atoms with E-state index in [1.54, 1.807) is 13.8 Å². The third kappa shape index (κ3) is 6.86. The highest BCUT2D eigenvalue weighted by Gasteiger charge is 2.19. The molecule has 1 rings (SSSR count). The van der Waals surface area contributed by atoms with Crippen molar-refractivity contribution in [2.24, 2.45) is 0 Å². The minimum Gasteiger partial charge on any atom is -0.453 e. The lowest BCUT2D eigenvalue weighted by Crippen LogP contribution is -2.39. The Balaban J connectivity index is 2.45. The smallest absolute Gasteiger partial charge is 0.307 e. The van der Waals surface area contributed by atoms with E-state index in [-0.39, 0.29) is 23.9 Å². The molecule has 0 aliphatic carbocycles. The quantitative estimate of drug-likeness (QED) is 0.669. The van der Waals surface area contributed by atoms with Crippen molar-refractivity contribution >= 4 is 33.5 Å². The summed E-state index contributed by atoms with van der Waals surface area (Å²) in [6.07, 6.45) is -1.13. The van der Waals surface area contributed by atoms with E-state index >= 15 is 0 Å². The predicted molar refractivity (Wildman–Crippen MR) is 90.1 cm³/mol. The molecule has 2 N–H and O–H groups in total. The molecular formula is C15H21ClN2O5S. The van der Waals surface area contributed by atoms with Gasteiger partial charge in [0.15, 0.2) is 6.10 Å². The van der Waals surface area contributed by atoms with Crippen molar-refractivity contribution < 1.29 is 22.7 Å². The molecule has 0 heterocycles. The highest BCUT2D eigenvalue weighted by atomic mass is 35.5. The molecule has 0 aromatic heterocycles. The fourth-order valence-electron chi connectivity index (χ4n) is 1.70. The van der Waals surface area contributed by atoms with Crippen LogP contribution in [0, 0.1) is 0 Å². The zero-order chi connectivity index (χ0) is 18.3. The van der Waals surface area contributed by atoms with Crippen molar-refractivity contribution in [1.82, 2.24) is 10.0 Å². The van der Waals surface area contributed by atoms with E-state index in [1.807, 2.05) is 0 Å². The molecule has 134 valence electrons. The van der Waals surface area contributed by atoms with E-state index in [2.05, 4.69) is 10.0 Å². The van der Waals surface area contributed by atoms with E-state index in [0.29, 0.717) is 5.02 Å². The highest BCUT2D eigenvalue weighted by molar-refractivity contribution is 7.89. The second-order valence-corrected chi connectivity index (χ2v) is 7.60. The van der Waals surface area contributed by atoms with Gasteiger partial charge in [-0.15, -0.1) is 0 Å². The summed E-state index contributed by atoms with van der Waals surface area (Å²) in [5, 5.41) is 3.04. The first kappa shape index (κ1) is 20.4. The molecule has 0 fully saturated rings. The molecule has 0 radical (unpaired) electrons. The Morgan fingerprint density at radius 2 is 1.75 bits per heavy atom. The van der Waals surface area contributed by atoms with Gasteiger partial charge in [0, 0.05) is 17.6 Å². The highest BCUT2D eigenvalue weighted by Crippen LogP contribution is 2.13. The molecule has 0 aliphatic heterocycles. The van der Waals surface area contributed by atoms with Crippen LogP contribution in [0.2, 0.25) is 5.02 Å². The van der Waals surface area contributed by atoms with Gasteiger partial charge < -0.3 is 10.1 Å². The number of ether oxygens (including phenoxy) is 1. The molecule has 0 saturated heterocycles. The molecule has 24 heavy (non-hydrogen) atoms. The van der Waals surface area contributed by atoms with Crippen molar-refractivity contribution in [1.29, 1.82) is 0 Å². The van der Waals surface area contributed by atoms with Gasteiger partial charge in [-0.25, -0.2) is 13.1 Å². The summed E-state index contributed by atoms with van der Waals surface area (Å²) in [6, 6.07) is 5.58. The standard InChI is InChI=1S/C15H21ClN2O5S/c1-10(2)18-15(20)11(3)23-14(19)8-9-17-24(21,22)13-6-4-12(16)5-7-13/h4-7,10-11,17H,8-9H2,1-3H3,(H,18,20)/t11-/m0/s1. The Kier molecular flexibility index (Phi) is 7.65. The number of carbonyl (C=O) groups is 2. The first-order valence-electron chi connectivity index (χ1n) is 7.37. The van der Waals surface area contributed by atoms with E-state index in [9.17, 15) is 18.0 Å². The predicted octanol–water partition coefficient (Wildman–Crippen LogP) is 1.46. The van der Waals surface area contributed by atoms with Crippen LogP contribution in [0.4, 0.5) is 0 Å². The van der Waals surface area contributed by atoms with Crippen LogP contribution >= 0.6 is 11.6 Å². The lowest BCUT2D eigenvalue weighted by atomic mass is 10.3. The van der Waals surface area contributed by atoms with Gasteiger partial charge in [-0.3, -0.25) is 9.59 Å². The Labute approximate surface area is 146 Å². The Bertz CT molecular complexity index is 674. The van der Waals surface area contributed by atoms with Gasteiger partial charge in [0.25, 0.3) is 5.91 Å². The molecule has 1 aromatic carbocycles. The maximum Gasteiger partial charge on any atom is 0.307 e. The Hall–Kier alpha value is -1.64. The average molecular weight is 377 g/mol. The van der Waals surface area contributed by atoms with E-state index in [0.717, 1.165) is 0 Å². The monoisotopic (exact) mass is 376 g/mol. The number of hydrogen-bond acceptors (Lipinski definition) is 5. The van der Waals surface area contributed by atoms with Crippen molar-refractivity contribution in [3.8, 4) is 0 Å². The van der Waals surface area contributed by atoms with Crippen molar-refractivity contribution in [2.45, 2.75) is 44.2 Å². The molecule has 7 nitrogen and oxygen atoms in total. The van der Waals surface area contributed by atoms with Gasteiger partial charge in [0.2, 0.25) is 10.0 Å². The largest absolute Gasteiger partial charge is 0.453 e. The fraction of sp³-hybridized carbons (Fsp3) is 0.467. The second kappa shape index (κ2) is 9.00. The van der Waals surface area contributed by atoms with E-state index in [1.165, 1.54) is 31.2 Å². The fourth-order valence-corrected chi connectivity index (χ4v) is 2.85. The summed E-state index contributed by atoms with van der Waals surface area (Å²) < 4.78 is 31.2. The number of carbonyl (C=O) groups excluding carboxylic acids is 2.